The third kappa shape index (κ3) is 2.72. The van der Waals surface area contributed by atoms with Crippen molar-refractivity contribution in [3.63, 3.8) is 0 Å². The highest BCUT2D eigenvalue weighted by atomic mass is 16.5. The highest BCUT2D eigenvalue weighted by Gasteiger charge is 2.09. The molecule has 2 N–H and O–H groups in total. The van der Waals surface area contributed by atoms with E-state index >= 15 is 0 Å². The maximum absolute atomic E-state index is 5.65. The molecule has 1 unspecified atom stereocenters. The quantitative estimate of drug-likeness (QED) is 0.821. The third-order valence-electron chi connectivity index (χ3n) is 2.83. The van der Waals surface area contributed by atoms with Gasteiger partial charge in [0.2, 0.25) is 0 Å². The Hall–Kier alpha value is -1.02. The first-order valence-electron chi connectivity index (χ1n) is 5.76. The van der Waals surface area contributed by atoms with Crippen molar-refractivity contribution in [3.05, 3.63) is 29.3 Å². The lowest BCUT2D eigenvalue weighted by Crippen LogP contribution is -2.23. The summed E-state index contributed by atoms with van der Waals surface area (Å²) >= 11 is 0. The van der Waals surface area contributed by atoms with Crippen LogP contribution in [0.5, 0.6) is 5.75 Å². The number of ether oxygens (including phenoxy) is 1. The van der Waals surface area contributed by atoms with E-state index < -0.39 is 0 Å². The standard InChI is InChI=1S/C13H19NO/c1-10(14)9-15-13-7-6-11-4-2-3-5-12(11)8-13/h6-8,10H,2-5,9,14H2,1H3. The summed E-state index contributed by atoms with van der Waals surface area (Å²) in [6, 6.07) is 6.54. The zero-order chi connectivity index (χ0) is 10.7. The van der Waals surface area contributed by atoms with E-state index in [4.69, 9.17) is 10.5 Å². The van der Waals surface area contributed by atoms with Gasteiger partial charge in [0, 0.05) is 6.04 Å². The van der Waals surface area contributed by atoms with Crippen LogP contribution in [-0.2, 0) is 12.8 Å². The molecule has 1 aromatic carbocycles. The van der Waals surface area contributed by atoms with Crippen molar-refractivity contribution in [2.75, 3.05) is 6.61 Å². The molecule has 2 rings (SSSR count). The van der Waals surface area contributed by atoms with Crippen LogP contribution in [0, 0.1) is 0 Å². The molecule has 0 heterocycles. The highest BCUT2D eigenvalue weighted by molar-refractivity contribution is 5.37. The fourth-order valence-corrected chi connectivity index (χ4v) is 2.03. The third-order valence-corrected chi connectivity index (χ3v) is 2.83. The average molecular weight is 205 g/mol. The molecule has 2 nitrogen and oxygen atoms in total. The first-order valence-corrected chi connectivity index (χ1v) is 5.76. The molecule has 1 aliphatic rings. The van der Waals surface area contributed by atoms with E-state index in [1.807, 2.05) is 6.92 Å². The molecule has 0 saturated carbocycles. The number of hydrogen-bond acceptors (Lipinski definition) is 2. The molecular formula is C13H19NO. The molecule has 1 atom stereocenters. The Bertz CT molecular complexity index is 333. The van der Waals surface area contributed by atoms with Gasteiger partial charge in [-0.05, 0) is 55.9 Å². The average Bonchev–Trinajstić information content (AvgIpc) is 2.26. The lowest BCUT2D eigenvalue weighted by atomic mass is 9.92. The Morgan fingerprint density at radius 2 is 2.00 bits per heavy atom. The molecule has 15 heavy (non-hydrogen) atoms. The number of benzene rings is 1. The molecule has 0 bridgehead atoms. The van der Waals surface area contributed by atoms with E-state index in [0.717, 1.165) is 5.75 Å². The van der Waals surface area contributed by atoms with Crippen molar-refractivity contribution in [2.24, 2.45) is 5.73 Å². The molecule has 2 heteroatoms. The van der Waals surface area contributed by atoms with Gasteiger partial charge in [0.25, 0.3) is 0 Å². The van der Waals surface area contributed by atoms with Gasteiger partial charge in [0.1, 0.15) is 12.4 Å². The summed E-state index contributed by atoms with van der Waals surface area (Å²) < 4.78 is 5.61. The molecule has 1 aromatic rings. The van der Waals surface area contributed by atoms with Crippen LogP contribution in [0.15, 0.2) is 18.2 Å². The van der Waals surface area contributed by atoms with E-state index in [0.29, 0.717) is 6.61 Å². The largest absolute Gasteiger partial charge is 0.492 e. The van der Waals surface area contributed by atoms with E-state index in [2.05, 4.69) is 18.2 Å². The number of nitrogens with two attached hydrogens (primary N) is 1. The molecule has 0 fully saturated rings. The van der Waals surface area contributed by atoms with Gasteiger partial charge in [-0.25, -0.2) is 0 Å². The molecule has 82 valence electrons. The van der Waals surface area contributed by atoms with Gasteiger partial charge in [0.05, 0.1) is 0 Å². The predicted octanol–water partition coefficient (Wildman–Crippen LogP) is 2.29. The van der Waals surface area contributed by atoms with Crippen LogP contribution in [0.25, 0.3) is 0 Å². The lowest BCUT2D eigenvalue weighted by Gasteiger charge is -2.17. The fourth-order valence-electron chi connectivity index (χ4n) is 2.03. The summed E-state index contributed by atoms with van der Waals surface area (Å²) in [7, 11) is 0. The van der Waals surface area contributed by atoms with Gasteiger partial charge in [-0.2, -0.15) is 0 Å². The van der Waals surface area contributed by atoms with E-state index in [1.54, 1.807) is 0 Å². The zero-order valence-electron chi connectivity index (χ0n) is 9.33. The Balaban J connectivity index is 2.07. The number of rotatable bonds is 3. The molecular weight excluding hydrogens is 186 g/mol. The minimum absolute atomic E-state index is 0.0982. The summed E-state index contributed by atoms with van der Waals surface area (Å²) in [6.07, 6.45) is 5.06. The minimum Gasteiger partial charge on any atom is -0.492 e. The van der Waals surface area contributed by atoms with Gasteiger partial charge in [-0.1, -0.05) is 6.07 Å². The SMILES string of the molecule is CC(N)COc1ccc2c(c1)CCCC2. The second-order valence-corrected chi connectivity index (χ2v) is 4.43. The Morgan fingerprint density at radius 1 is 1.27 bits per heavy atom. The van der Waals surface area contributed by atoms with Crippen molar-refractivity contribution >= 4 is 0 Å². The Labute approximate surface area is 91.4 Å². The highest BCUT2D eigenvalue weighted by Crippen LogP contribution is 2.25. The van der Waals surface area contributed by atoms with Gasteiger partial charge in [-0.3, -0.25) is 0 Å². The topological polar surface area (TPSA) is 35.2 Å². The predicted molar refractivity (Wildman–Crippen MR) is 62.2 cm³/mol. The summed E-state index contributed by atoms with van der Waals surface area (Å²) in [5, 5.41) is 0. The number of fused-ring (bicyclic) bond motifs is 1. The maximum atomic E-state index is 5.65. The first kappa shape index (κ1) is 10.5. The summed E-state index contributed by atoms with van der Waals surface area (Å²) in [5.74, 6) is 0.966. The molecule has 1 aliphatic carbocycles. The maximum Gasteiger partial charge on any atom is 0.119 e. The summed E-state index contributed by atoms with van der Waals surface area (Å²) in [6.45, 7) is 2.55. The minimum atomic E-state index is 0.0982. The normalized spacial score (nSPS) is 16.9. The number of hydrogen-bond donors (Lipinski definition) is 1. The first-order chi connectivity index (χ1) is 7.25. The lowest BCUT2D eigenvalue weighted by molar-refractivity contribution is 0.296. The van der Waals surface area contributed by atoms with Gasteiger partial charge >= 0.3 is 0 Å². The Morgan fingerprint density at radius 3 is 2.73 bits per heavy atom. The molecule has 0 aromatic heterocycles. The summed E-state index contributed by atoms with van der Waals surface area (Å²) in [4.78, 5) is 0. The monoisotopic (exact) mass is 205 g/mol. The number of aryl methyl sites for hydroxylation is 2. The van der Waals surface area contributed by atoms with Crippen molar-refractivity contribution in [1.29, 1.82) is 0 Å². The van der Waals surface area contributed by atoms with Gasteiger partial charge < -0.3 is 10.5 Å². The van der Waals surface area contributed by atoms with Gasteiger partial charge in [0.15, 0.2) is 0 Å². The molecule has 0 spiro atoms. The van der Waals surface area contributed by atoms with Crippen LogP contribution in [0.3, 0.4) is 0 Å². The van der Waals surface area contributed by atoms with Crippen LogP contribution in [0.4, 0.5) is 0 Å². The molecule has 0 aliphatic heterocycles. The van der Waals surface area contributed by atoms with Crippen molar-refractivity contribution < 1.29 is 4.74 Å². The van der Waals surface area contributed by atoms with Crippen LogP contribution < -0.4 is 10.5 Å². The van der Waals surface area contributed by atoms with Gasteiger partial charge in [-0.15, -0.1) is 0 Å². The van der Waals surface area contributed by atoms with Crippen molar-refractivity contribution in [1.82, 2.24) is 0 Å². The second-order valence-electron chi connectivity index (χ2n) is 4.43. The molecule has 0 amide bonds. The molecule has 0 saturated heterocycles. The smallest absolute Gasteiger partial charge is 0.119 e. The van der Waals surface area contributed by atoms with Crippen LogP contribution in [0.1, 0.15) is 30.9 Å². The van der Waals surface area contributed by atoms with Crippen LogP contribution >= 0.6 is 0 Å². The van der Waals surface area contributed by atoms with Crippen LogP contribution in [0.2, 0.25) is 0 Å². The van der Waals surface area contributed by atoms with E-state index in [9.17, 15) is 0 Å². The fraction of sp³-hybridized carbons (Fsp3) is 0.538. The summed E-state index contributed by atoms with van der Waals surface area (Å²) in [5.41, 5.74) is 8.61. The van der Waals surface area contributed by atoms with Crippen LogP contribution in [-0.4, -0.2) is 12.6 Å². The van der Waals surface area contributed by atoms with Crippen molar-refractivity contribution in [2.45, 2.75) is 38.6 Å². The van der Waals surface area contributed by atoms with Crippen molar-refractivity contribution in [3.8, 4) is 5.75 Å². The molecule has 0 radical (unpaired) electrons. The van der Waals surface area contributed by atoms with E-state index in [1.165, 1.54) is 36.8 Å². The second kappa shape index (κ2) is 4.67. The van der Waals surface area contributed by atoms with E-state index in [-0.39, 0.29) is 6.04 Å². The zero-order valence-corrected chi connectivity index (χ0v) is 9.33. The Kier molecular flexibility index (Phi) is 3.27.